The number of thiazole rings is 1. The minimum atomic E-state index is -0.798. The summed E-state index contributed by atoms with van der Waals surface area (Å²) in [5, 5.41) is 28.2. The normalized spacial score (nSPS) is 46.0. The maximum absolute atomic E-state index is 11.9. The molecule has 0 spiro atoms. The molecule has 0 radical (unpaired) electrons. The van der Waals surface area contributed by atoms with Gasteiger partial charge in [-0.15, -0.1) is 11.3 Å². The fourth-order valence-electron chi connectivity index (χ4n) is 7.73. The number of aliphatic hydroxyl groups excluding tert-OH is 1. The molecular formula is C23H36N2O3S. The molecule has 0 saturated heterocycles. The molecule has 29 heavy (non-hydrogen) atoms. The molecule has 0 aromatic carbocycles. The van der Waals surface area contributed by atoms with Gasteiger partial charge in [-0.1, -0.05) is 25.5 Å². The first-order valence-corrected chi connectivity index (χ1v) is 12.0. The van der Waals surface area contributed by atoms with Crippen molar-refractivity contribution in [2.24, 2.45) is 28.6 Å². The van der Waals surface area contributed by atoms with Crippen molar-refractivity contribution in [3.05, 3.63) is 22.7 Å². The molecule has 0 amide bonds. The van der Waals surface area contributed by atoms with Gasteiger partial charge in [0, 0.05) is 17.8 Å². The van der Waals surface area contributed by atoms with Crippen molar-refractivity contribution in [1.82, 2.24) is 4.98 Å². The number of fused-ring (bicyclic) bond motifs is 5. The molecule has 1 aromatic heterocycles. The van der Waals surface area contributed by atoms with E-state index in [0.717, 1.165) is 49.4 Å². The lowest BCUT2D eigenvalue weighted by Gasteiger charge is -2.59. The molecule has 5 N–H and O–H groups in total. The highest BCUT2D eigenvalue weighted by atomic mass is 32.1. The number of aliphatic hydroxyl groups is 2. The first kappa shape index (κ1) is 21.3. The zero-order valence-electron chi connectivity index (χ0n) is 17.9. The van der Waals surface area contributed by atoms with Crippen LogP contribution in [-0.2, 0) is 5.60 Å². The third kappa shape index (κ3) is 2.79. The molecule has 7 atom stereocenters. The van der Waals surface area contributed by atoms with E-state index in [1.807, 2.05) is 7.05 Å². The number of nitrogens with one attached hydrogen (secondary N) is 1. The first-order valence-electron chi connectivity index (χ1n) is 11.1. The summed E-state index contributed by atoms with van der Waals surface area (Å²) >= 11 is 1.60. The number of hydrogen-bond donors (Lipinski definition) is 3. The highest BCUT2D eigenvalue weighted by molar-refractivity contribution is 7.13. The molecule has 3 fully saturated rings. The summed E-state index contributed by atoms with van der Waals surface area (Å²) in [6.45, 7) is 4.81. The van der Waals surface area contributed by atoms with Crippen LogP contribution in [0.4, 0.5) is 5.13 Å². The number of nitrogens with zero attached hydrogens (tertiary/aromatic N) is 1. The van der Waals surface area contributed by atoms with E-state index in [1.165, 1.54) is 18.4 Å². The third-order valence-corrected chi connectivity index (χ3v) is 10.2. The zero-order valence-corrected chi connectivity index (χ0v) is 18.7. The predicted octanol–water partition coefficient (Wildman–Crippen LogP) is 3.87. The standard InChI is InChI=1S/C23H34N2O2S.H2O/c1-21-9-6-15(26)12-14(21)4-5-16-17(21)7-10-22(2)18(16)8-11-23(22,27)19-13-28-20(24-3)25-19;/h12-13,15-18,26-27H,4-11H2,1-3H3,(H,24,25);1H2/t15-,16+,17-,18-,21-,22-,23-;/m0./s1. The van der Waals surface area contributed by atoms with Crippen LogP contribution < -0.4 is 5.32 Å². The lowest BCUT2D eigenvalue weighted by atomic mass is 9.46. The van der Waals surface area contributed by atoms with Gasteiger partial charge in [0.2, 0.25) is 0 Å². The lowest BCUT2D eigenvalue weighted by Crippen LogP contribution is -2.54. The third-order valence-electron chi connectivity index (χ3n) is 9.38. The van der Waals surface area contributed by atoms with Gasteiger partial charge in [-0.3, -0.25) is 0 Å². The molecule has 4 aliphatic rings. The van der Waals surface area contributed by atoms with E-state index < -0.39 is 5.60 Å². The number of hydrogen-bond acceptors (Lipinski definition) is 5. The van der Waals surface area contributed by atoms with Crippen molar-refractivity contribution in [2.75, 3.05) is 12.4 Å². The van der Waals surface area contributed by atoms with Gasteiger partial charge in [-0.2, -0.15) is 0 Å². The van der Waals surface area contributed by atoms with Crippen molar-refractivity contribution < 1.29 is 15.7 Å². The van der Waals surface area contributed by atoms with Crippen LogP contribution in [0.15, 0.2) is 17.0 Å². The van der Waals surface area contributed by atoms with Gasteiger partial charge in [0.25, 0.3) is 0 Å². The Labute approximate surface area is 177 Å². The van der Waals surface area contributed by atoms with E-state index >= 15 is 0 Å². The molecule has 5 rings (SSSR count). The molecule has 5 nitrogen and oxygen atoms in total. The fraction of sp³-hybridized carbons (Fsp3) is 0.783. The molecule has 3 saturated carbocycles. The Hall–Kier alpha value is -0.950. The zero-order chi connectivity index (χ0) is 19.7. The maximum Gasteiger partial charge on any atom is 0.182 e. The number of anilines is 1. The maximum atomic E-state index is 11.9. The predicted molar refractivity (Wildman–Crippen MR) is 117 cm³/mol. The number of allylic oxidation sites excluding steroid dienone is 1. The Bertz CT molecular complexity index is 810. The average molecular weight is 421 g/mol. The van der Waals surface area contributed by atoms with Crippen LogP contribution in [0.2, 0.25) is 0 Å². The molecule has 6 heteroatoms. The molecular weight excluding hydrogens is 384 g/mol. The van der Waals surface area contributed by atoms with Crippen LogP contribution in [0, 0.1) is 28.6 Å². The molecule has 162 valence electrons. The summed E-state index contributed by atoms with van der Waals surface area (Å²) < 4.78 is 0. The summed E-state index contributed by atoms with van der Waals surface area (Å²) in [4.78, 5) is 4.73. The smallest absolute Gasteiger partial charge is 0.182 e. The van der Waals surface area contributed by atoms with E-state index in [9.17, 15) is 10.2 Å². The van der Waals surface area contributed by atoms with Gasteiger partial charge >= 0.3 is 0 Å². The largest absolute Gasteiger partial charge is 0.412 e. The van der Waals surface area contributed by atoms with Crippen LogP contribution in [-0.4, -0.2) is 33.8 Å². The van der Waals surface area contributed by atoms with Gasteiger partial charge in [-0.25, -0.2) is 4.98 Å². The molecule has 1 heterocycles. The van der Waals surface area contributed by atoms with Crippen LogP contribution in [0.3, 0.4) is 0 Å². The Kier molecular flexibility index (Phi) is 5.17. The topological polar surface area (TPSA) is 96.9 Å². The highest BCUT2D eigenvalue weighted by Crippen LogP contribution is 2.69. The van der Waals surface area contributed by atoms with E-state index in [4.69, 9.17) is 4.98 Å². The quantitative estimate of drug-likeness (QED) is 0.633. The van der Waals surface area contributed by atoms with Gasteiger partial charge in [0.05, 0.1) is 11.8 Å². The Morgan fingerprint density at radius 3 is 2.59 bits per heavy atom. The Morgan fingerprint density at radius 1 is 1.10 bits per heavy atom. The van der Waals surface area contributed by atoms with E-state index in [0.29, 0.717) is 17.8 Å². The van der Waals surface area contributed by atoms with E-state index in [-0.39, 0.29) is 22.4 Å². The molecule has 0 aliphatic heterocycles. The van der Waals surface area contributed by atoms with Gasteiger partial charge in [0.1, 0.15) is 5.60 Å². The molecule has 0 unspecified atom stereocenters. The van der Waals surface area contributed by atoms with Crippen molar-refractivity contribution in [2.45, 2.75) is 76.9 Å². The SMILES string of the molecule is CNc1nc([C@@]2(O)CC[C@H]3[C@@H]4CCC5=C[C@@H](O)CC[C@]5(C)[C@H]4CC[C@@]32C)cs1.O. The Balaban J connectivity index is 0.00000205. The second-order valence-corrected chi connectivity index (χ2v) is 11.1. The minimum absolute atomic E-state index is 0. The van der Waals surface area contributed by atoms with Gasteiger partial charge in [-0.05, 0) is 74.5 Å². The summed E-state index contributed by atoms with van der Waals surface area (Å²) in [6.07, 6.45) is 10.5. The second-order valence-electron chi connectivity index (χ2n) is 10.3. The summed E-state index contributed by atoms with van der Waals surface area (Å²) in [5.74, 6) is 1.96. The summed E-state index contributed by atoms with van der Waals surface area (Å²) in [7, 11) is 1.89. The molecule has 1 aromatic rings. The number of aromatic nitrogens is 1. The van der Waals surface area contributed by atoms with Crippen LogP contribution in [0.25, 0.3) is 0 Å². The average Bonchev–Trinajstić information content (AvgIpc) is 3.26. The minimum Gasteiger partial charge on any atom is -0.412 e. The molecule has 0 bridgehead atoms. The first-order chi connectivity index (χ1) is 13.3. The van der Waals surface area contributed by atoms with Crippen molar-refractivity contribution in [3.8, 4) is 0 Å². The Morgan fingerprint density at radius 2 is 1.86 bits per heavy atom. The van der Waals surface area contributed by atoms with Gasteiger partial charge < -0.3 is 21.0 Å². The van der Waals surface area contributed by atoms with Crippen LogP contribution >= 0.6 is 11.3 Å². The lowest BCUT2D eigenvalue weighted by molar-refractivity contribution is -0.134. The second kappa shape index (κ2) is 7.04. The van der Waals surface area contributed by atoms with Crippen molar-refractivity contribution in [3.63, 3.8) is 0 Å². The van der Waals surface area contributed by atoms with Crippen molar-refractivity contribution >= 4 is 16.5 Å². The summed E-state index contributed by atoms with van der Waals surface area (Å²) in [5.41, 5.74) is 1.77. The van der Waals surface area contributed by atoms with Crippen LogP contribution in [0.1, 0.15) is 70.9 Å². The van der Waals surface area contributed by atoms with E-state index in [2.05, 4.69) is 30.6 Å². The van der Waals surface area contributed by atoms with Crippen molar-refractivity contribution in [1.29, 1.82) is 0 Å². The molecule has 4 aliphatic carbocycles. The number of rotatable bonds is 2. The monoisotopic (exact) mass is 420 g/mol. The fourth-order valence-corrected chi connectivity index (χ4v) is 8.47. The summed E-state index contributed by atoms with van der Waals surface area (Å²) in [6, 6.07) is 0. The van der Waals surface area contributed by atoms with E-state index in [1.54, 1.807) is 11.3 Å². The van der Waals surface area contributed by atoms with Gasteiger partial charge in [0.15, 0.2) is 5.13 Å². The highest BCUT2D eigenvalue weighted by Gasteiger charge is 2.65. The van der Waals surface area contributed by atoms with Crippen LogP contribution in [0.5, 0.6) is 0 Å².